The molecule has 0 aliphatic carbocycles. The second-order valence-corrected chi connectivity index (χ2v) is 5.94. The molecule has 0 radical (unpaired) electrons. The van der Waals surface area contributed by atoms with E-state index in [0.717, 1.165) is 6.42 Å². The molecule has 0 spiro atoms. The average Bonchev–Trinajstić information content (AvgIpc) is 2.26. The van der Waals surface area contributed by atoms with Crippen molar-refractivity contribution in [2.45, 2.75) is 33.2 Å². The van der Waals surface area contributed by atoms with E-state index in [0.29, 0.717) is 0 Å². The van der Waals surface area contributed by atoms with Gasteiger partial charge in [0.15, 0.2) is 0 Å². The molecule has 2 N–H and O–H groups in total. The van der Waals surface area contributed by atoms with Crippen molar-refractivity contribution >= 4 is 10.8 Å². The van der Waals surface area contributed by atoms with Crippen LogP contribution in [-0.2, 0) is 0 Å². The fourth-order valence-corrected chi connectivity index (χ4v) is 2.34. The van der Waals surface area contributed by atoms with Gasteiger partial charge in [-0.2, -0.15) is 0 Å². The molecule has 0 saturated carbocycles. The Bertz CT molecular complexity index is 503. The van der Waals surface area contributed by atoms with Crippen LogP contribution >= 0.6 is 0 Å². The van der Waals surface area contributed by atoms with Crippen molar-refractivity contribution in [1.82, 2.24) is 0 Å². The number of fused-ring (bicyclic) bond motifs is 1. The Kier molecular flexibility index (Phi) is 3.21. The molecular formula is C16H21N. The first kappa shape index (κ1) is 12.1. The summed E-state index contributed by atoms with van der Waals surface area (Å²) in [5.41, 5.74) is 7.87. The number of benzene rings is 2. The normalized spacial score (nSPS) is 13.9. The summed E-state index contributed by atoms with van der Waals surface area (Å²) in [7, 11) is 0. The van der Waals surface area contributed by atoms with Gasteiger partial charge in [0.25, 0.3) is 0 Å². The van der Waals surface area contributed by atoms with Crippen molar-refractivity contribution in [2.75, 3.05) is 0 Å². The molecule has 2 aromatic carbocycles. The van der Waals surface area contributed by atoms with Crippen LogP contribution in [0, 0.1) is 5.41 Å². The molecule has 2 rings (SSSR count). The molecule has 90 valence electrons. The lowest BCUT2D eigenvalue weighted by Crippen LogP contribution is -2.18. The van der Waals surface area contributed by atoms with Gasteiger partial charge in [0.2, 0.25) is 0 Å². The van der Waals surface area contributed by atoms with Crippen molar-refractivity contribution in [3.05, 3.63) is 48.0 Å². The number of rotatable bonds is 2. The zero-order chi connectivity index (χ0) is 12.5. The lowest BCUT2D eigenvalue weighted by atomic mass is 9.84. The summed E-state index contributed by atoms with van der Waals surface area (Å²) in [5, 5.41) is 2.56. The minimum Gasteiger partial charge on any atom is -0.324 e. The third-order valence-electron chi connectivity index (χ3n) is 3.06. The highest BCUT2D eigenvalue weighted by molar-refractivity contribution is 5.86. The average molecular weight is 227 g/mol. The molecule has 17 heavy (non-hydrogen) atoms. The molecule has 0 aliphatic rings. The summed E-state index contributed by atoms with van der Waals surface area (Å²) in [6.45, 7) is 6.70. The Hall–Kier alpha value is -1.34. The van der Waals surface area contributed by atoms with Crippen LogP contribution in [0.4, 0.5) is 0 Å². The van der Waals surface area contributed by atoms with Gasteiger partial charge in [0.05, 0.1) is 0 Å². The van der Waals surface area contributed by atoms with Crippen molar-refractivity contribution in [1.29, 1.82) is 0 Å². The maximum atomic E-state index is 6.35. The maximum absolute atomic E-state index is 6.35. The Morgan fingerprint density at radius 2 is 1.65 bits per heavy atom. The molecule has 0 heterocycles. The monoisotopic (exact) mass is 227 g/mol. The second-order valence-electron chi connectivity index (χ2n) is 5.94. The van der Waals surface area contributed by atoms with Gasteiger partial charge in [-0.05, 0) is 28.2 Å². The Balaban J connectivity index is 2.41. The first-order valence-corrected chi connectivity index (χ1v) is 6.21. The van der Waals surface area contributed by atoms with E-state index in [1.807, 2.05) is 0 Å². The standard InChI is InChI=1S/C16H21N/c1-16(2,3)11-15(17)14-10-6-8-12-7-4-5-9-13(12)14/h4-10,15H,11,17H2,1-3H3. The number of hydrogen-bond donors (Lipinski definition) is 1. The van der Waals surface area contributed by atoms with E-state index in [4.69, 9.17) is 5.73 Å². The van der Waals surface area contributed by atoms with Crippen LogP contribution in [0.15, 0.2) is 42.5 Å². The molecule has 0 amide bonds. The zero-order valence-electron chi connectivity index (χ0n) is 10.9. The Labute approximate surface area is 104 Å². The lowest BCUT2D eigenvalue weighted by Gasteiger charge is -2.24. The van der Waals surface area contributed by atoms with Crippen molar-refractivity contribution in [3.8, 4) is 0 Å². The van der Waals surface area contributed by atoms with Crippen LogP contribution in [0.25, 0.3) is 10.8 Å². The van der Waals surface area contributed by atoms with E-state index in [9.17, 15) is 0 Å². The summed E-state index contributed by atoms with van der Waals surface area (Å²) in [5.74, 6) is 0. The molecule has 1 nitrogen and oxygen atoms in total. The fourth-order valence-electron chi connectivity index (χ4n) is 2.34. The minimum absolute atomic E-state index is 0.112. The van der Waals surface area contributed by atoms with Gasteiger partial charge in [-0.15, -0.1) is 0 Å². The minimum atomic E-state index is 0.112. The van der Waals surface area contributed by atoms with Crippen molar-refractivity contribution < 1.29 is 0 Å². The van der Waals surface area contributed by atoms with Crippen LogP contribution < -0.4 is 5.73 Å². The van der Waals surface area contributed by atoms with E-state index in [2.05, 4.69) is 63.2 Å². The van der Waals surface area contributed by atoms with Crippen LogP contribution in [0.3, 0.4) is 0 Å². The lowest BCUT2D eigenvalue weighted by molar-refractivity contribution is 0.343. The Morgan fingerprint density at radius 1 is 1.00 bits per heavy atom. The van der Waals surface area contributed by atoms with E-state index >= 15 is 0 Å². The maximum Gasteiger partial charge on any atom is 0.0306 e. The number of hydrogen-bond acceptors (Lipinski definition) is 1. The summed E-state index contributed by atoms with van der Waals surface area (Å²) in [6, 6.07) is 15.0. The SMILES string of the molecule is CC(C)(C)CC(N)c1cccc2ccccc12. The predicted molar refractivity (Wildman–Crippen MR) is 74.9 cm³/mol. The largest absolute Gasteiger partial charge is 0.324 e. The smallest absolute Gasteiger partial charge is 0.0306 e. The van der Waals surface area contributed by atoms with E-state index in [1.54, 1.807) is 0 Å². The van der Waals surface area contributed by atoms with Gasteiger partial charge in [-0.25, -0.2) is 0 Å². The highest BCUT2D eigenvalue weighted by atomic mass is 14.6. The molecule has 0 bridgehead atoms. The molecule has 1 unspecified atom stereocenters. The molecule has 0 saturated heterocycles. The molecule has 0 aromatic heterocycles. The molecule has 1 heteroatoms. The van der Waals surface area contributed by atoms with Crippen LogP contribution in [0.2, 0.25) is 0 Å². The van der Waals surface area contributed by atoms with Gasteiger partial charge < -0.3 is 5.73 Å². The molecular weight excluding hydrogens is 206 g/mol. The van der Waals surface area contributed by atoms with Gasteiger partial charge in [0.1, 0.15) is 0 Å². The zero-order valence-corrected chi connectivity index (χ0v) is 10.9. The molecule has 0 fully saturated rings. The summed E-state index contributed by atoms with van der Waals surface area (Å²) < 4.78 is 0. The highest BCUT2D eigenvalue weighted by Crippen LogP contribution is 2.31. The van der Waals surface area contributed by atoms with Gasteiger partial charge >= 0.3 is 0 Å². The van der Waals surface area contributed by atoms with Gasteiger partial charge in [-0.1, -0.05) is 63.2 Å². The van der Waals surface area contributed by atoms with Crippen LogP contribution in [0.5, 0.6) is 0 Å². The molecule has 0 aliphatic heterocycles. The van der Waals surface area contributed by atoms with E-state index in [1.165, 1.54) is 16.3 Å². The second kappa shape index (κ2) is 4.50. The topological polar surface area (TPSA) is 26.0 Å². The predicted octanol–water partition coefficient (Wildman–Crippen LogP) is 4.28. The van der Waals surface area contributed by atoms with Gasteiger partial charge in [-0.3, -0.25) is 0 Å². The van der Waals surface area contributed by atoms with E-state index in [-0.39, 0.29) is 11.5 Å². The van der Waals surface area contributed by atoms with Gasteiger partial charge in [0, 0.05) is 6.04 Å². The third-order valence-corrected chi connectivity index (χ3v) is 3.06. The van der Waals surface area contributed by atoms with Crippen LogP contribution in [-0.4, -0.2) is 0 Å². The number of nitrogens with two attached hydrogens (primary N) is 1. The first-order chi connectivity index (χ1) is 7.97. The molecule has 1 atom stereocenters. The third kappa shape index (κ3) is 2.86. The van der Waals surface area contributed by atoms with Crippen LogP contribution in [0.1, 0.15) is 38.8 Å². The summed E-state index contributed by atoms with van der Waals surface area (Å²) >= 11 is 0. The van der Waals surface area contributed by atoms with E-state index < -0.39 is 0 Å². The van der Waals surface area contributed by atoms with Crippen molar-refractivity contribution in [3.63, 3.8) is 0 Å². The summed E-state index contributed by atoms with van der Waals surface area (Å²) in [6.07, 6.45) is 1.00. The highest BCUT2D eigenvalue weighted by Gasteiger charge is 2.18. The van der Waals surface area contributed by atoms with Crippen molar-refractivity contribution in [2.24, 2.45) is 11.1 Å². The summed E-state index contributed by atoms with van der Waals surface area (Å²) in [4.78, 5) is 0. The Morgan fingerprint density at radius 3 is 2.35 bits per heavy atom. The fraction of sp³-hybridized carbons (Fsp3) is 0.375. The molecule has 2 aromatic rings. The quantitative estimate of drug-likeness (QED) is 0.814. The first-order valence-electron chi connectivity index (χ1n) is 6.21.